The zero-order valence-electron chi connectivity index (χ0n) is 16.1. The molecular formula is C23H24N2O3. The molecule has 0 unspecified atom stereocenters. The van der Waals surface area contributed by atoms with Gasteiger partial charge in [-0.25, -0.2) is 4.79 Å². The largest absolute Gasteiger partial charge is 0.481 e. The van der Waals surface area contributed by atoms with Crippen molar-refractivity contribution < 1.29 is 14.3 Å². The number of rotatable bonds is 5. The van der Waals surface area contributed by atoms with Crippen molar-refractivity contribution in [2.24, 2.45) is 5.92 Å². The number of fused-ring (bicyclic) bond motifs is 3. The number of benzene rings is 2. The summed E-state index contributed by atoms with van der Waals surface area (Å²) in [5.41, 5.74) is 2.72. The Bertz CT molecular complexity index is 1060. The zero-order valence-corrected chi connectivity index (χ0v) is 16.1. The molecule has 28 heavy (non-hydrogen) atoms. The number of carbonyl (C=O) groups excluding carboxylic acids is 1. The number of nitriles is 1. The van der Waals surface area contributed by atoms with Gasteiger partial charge in [0, 0.05) is 11.9 Å². The lowest BCUT2D eigenvalue weighted by atomic mass is 9.89. The maximum atomic E-state index is 11.6. The SMILES string of the molecule is COC(=O)COc1cccc2c1c1c(C#N)cccc1n2CC1CCCCC1. The molecule has 2 aromatic carbocycles. The van der Waals surface area contributed by atoms with Gasteiger partial charge in [0.25, 0.3) is 0 Å². The second-order valence-corrected chi connectivity index (χ2v) is 7.44. The average Bonchev–Trinajstić information content (AvgIpc) is 3.07. The van der Waals surface area contributed by atoms with Crippen LogP contribution in [0.2, 0.25) is 0 Å². The molecule has 1 heterocycles. The molecule has 0 N–H and O–H groups in total. The molecule has 0 bridgehead atoms. The van der Waals surface area contributed by atoms with E-state index >= 15 is 0 Å². The minimum Gasteiger partial charge on any atom is -0.481 e. The van der Waals surface area contributed by atoms with Gasteiger partial charge in [0.15, 0.2) is 6.61 Å². The van der Waals surface area contributed by atoms with Crippen molar-refractivity contribution in [2.45, 2.75) is 38.6 Å². The Labute approximate surface area is 164 Å². The third kappa shape index (κ3) is 3.31. The van der Waals surface area contributed by atoms with Crippen LogP contribution in [0, 0.1) is 17.2 Å². The molecule has 1 saturated carbocycles. The van der Waals surface area contributed by atoms with Crippen LogP contribution in [0.5, 0.6) is 5.75 Å². The fraction of sp³-hybridized carbons (Fsp3) is 0.391. The summed E-state index contributed by atoms with van der Waals surface area (Å²) in [5.74, 6) is 0.833. The Morgan fingerprint density at radius 1 is 1.11 bits per heavy atom. The molecule has 1 aliphatic rings. The lowest BCUT2D eigenvalue weighted by molar-refractivity contribution is -0.142. The number of aromatic nitrogens is 1. The molecule has 0 spiro atoms. The van der Waals surface area contributed by atoms with Crippen LogP contribution < -0.4 is 4.74 Å². The summed E-state index contributed by atoms with van der Waals surface area (Å²) in [7, 11) is 1.34. The maximum Gasteiger partial charge on any atom is 0.343 e. The molecule has 4 rings (SSSR count). The second-order valence-electron chi connectivity index (χ2n) is 7.44. The van der Waals surface area contributed by atoms with Gasteiger partial charge in [-0.15, -0.1) is 0 Å². The molecule has 0 radical (unpaired) electrons. The molecule has 1 aromatic heterocycles. The van der Waals surface area contributed by atoms with Gasteiger partial charge in [0.05, 0.1) is 35.2 Å². The average molecular weight is 376 g/mol. The van der Waals surface area contributed by atoms with E-state index in [0.717, 1.165) is 28.4 Å². The molecular weight excluding hydrogens is 352 g/mol. The van der Waals surface area contributed by atoms with Crippen molar-refractivity contribution in [2.75, 3.05) is 13.7 Å². The zero-order chi connectivity index (χ0) is 19.5. The number of carbonyl (C=O) groups is 1. The number of esters is 1. The molecule has 0 atom stereocenters. The van der Waals surface area contributed by atoms with Gasteiger partial charge in [0.2, 0.25) is 0 Å². The van der Waals surface area contributed by atoms with Crippen LogP contribution in [-0.2, 0) is 16.1 Å². The minimum absolute atomic E-state index is 0.153. The van der Waals surface area contributed by atoms with Gasteiger partial charge >= 0.3 is 5.97 Å². The highest BCUT2D eigenvalue weighted by Crippen LogP contribution is 2.39. The van der Waals surface area contributed by atoms with Gasteiger partial charge in [-0.05, 0) is 43.0 Å². The number of hydrogen-bond acceptors (Lipinski definition) is 4. The highest BCUT2D eigenvalue weighted by atomic mass is 16.6. The predicted molar refractivity (Wildman–Crippen MR) is 108 cm³/mol. The van der Waals surface area contributed by atoms with Crippen LogP contribution in [0.1, 0.15) is 37.7 Å². The van der Waals surface area contributed by atoms with Gasteiger partial charge in [-0.2, -0.15) is 5.26 Å². The predicted octanol–water partition coefficient (Wildman–Crippen LogP) is 4.80. The van der Waals surface area contributed by atoms with E-state index < -0.39 is 5.97 Å². The first-order valence-electron chi connectivity index (χ1n) is 9.86. The first kappa shape index (κ1) is 18.4. The van der Waals surface area contributed by atoms with Crippen molar-refractivity contribution >= 4 is 27.8 Å². The number of ether oxygens (including phenoxy) is 2. The van der Waals surface area contributed by atoms with Gasteiger partial charge < -0.3 is 14.0 Å². The second kappa shape index (κ2) is 7.93. The highest BCUT2D eigenvalue weighted by Gasteiger charge is 2.21. The molecule has 144 valence electrons. The Morgan fingerprint density at radius 3 is 2.54 bits per heavy atom. The van der Waals surface area contributed by atoms with Crippen molar-refractivity contribution in [3.63, 3.8) is 0 Å². The van der Waals surface area contributed by atoms with Crippen LogP contribution in [0.3, 0.4) is 0 Å². The first-order valence-corrected chi connectivity index (χ1v) is 9.86. The third-order valence-corrected chi connectivity index (χ3v) is 5.74. The molecule has 5 nitrogen and oxygen atoms in total. The van der Waals surface area contributed by atoms with Crippen molar-refractivity contribution in [1.82, 2.24) is 4.57 Å². The standard InChI is InChI=1S/C23H24N2O3/c1-27-21(26)15-28-20-12-6-11-19-23(20)22-17(13-24)9-5-10-18(22)25(19)14-16-7-3-2-4-8-16/h5-6,9-12,16H,2-4,7-8,14-15H2,1H3. The molecule has 3 aromatic rings. The van der Waals surface area contributed by atoms with E-state index in [0.29, 0.717) is 17.2 Å². The summed E-state index contributed by atoms with van der Waals surface area (Å²) < 4.78 is 12.8. The molecule has 0 saturated heterocycles. The molecule has 0 aliphatic heterocycles. The van der Waals surface area contributed by atoms with E-state index in [-0.39, 0.29) is 6.61 Å². The van der Waals surface area contributed by atoms with Crippen LogP contribution in [-0.4, -0.2) is 24.3 Å². The Kier molecular flexibility index (Phi) is 5.21. The Morgan fingerprint density at radius 2 is 1.82 bits per heavy atom. The highest BCUT2D eigenvalue weighted by molar-refractivity contribution is 6.13. The van der Waals surface area contributed by atoms with E-state index in [2.05, 4.69) is 22.8 Å². The van der Waals surface area contributed by atoms with Gasteiger partial charge in [-0.3, -0.25) is 0 Å². The summed E-state index contributed by atoms with van der Waals surface area (Å²) in [5, 5.41) is 11.5. The van der Waals surface area contributed by atoms with E-state index in [9.17, 15) is 10.1 Å². The summed E-state index contributed by atoms with van der Waals surface area (Å²) in [6, 6.07) is 14.0. The summed E-state index contributed by atoms with van der Waals surface area (Å²) in [4.78, 5) is 11.6. The molecule has 1 aliphatic carbocycles. The number of nitrogens with zero attached hydrogens (tertiary/aromatic N) is 2. The molecule has 1 fully saturated rings. The minimum atomic E-state index is -0.427. The van der Waals surface area contributed by atoms with Crippen LogP contribution in [0.25, 0.3) is 21.8 Å². The normalized spacial score (nSPS) is 14.9. The molecule has 5 heteroatoms. The van der Waals surface area contributed by atoms with Crippen LogP contribution >= 0.6 is 0 Å². The van der Waals surface area contributed by atoms with Crippen molar-refractivity contribution in [3.05, 3.63) is 42.0 Å². The third-order valence-electron chi connectivity index (χ3n) is 5.74. The monoisotopic (exact) mass is 376 g/mol. The fourth-order valence-electron chi connectivity index (χ4n) is 4.39. The van der Waals surface area contributed by atoms with E-state index in [1.54, 1.807) is 0 Å². The summed E-state index contributed by atoms with van der Waals surface area (Å²) in [6.45, 7) is 0.787. The van der Waals surface area contributed by atoms with E-state index in [1.807, 2.05) is 24.3 Å². The van der Waals surface area contributed by atoms with Gasteiger partial charge in [0.1, 0.15) is 5.75 Å². The van der Waals surface area contributed by atoms with E-state index in [4.69, 9.17) is 9.47 Å². The first-order chi connectivity index (χ1) is 13.7. The summed E-state index contributed by atoms with van der Waals surface area (Å²) >= 11 is 0. The van der Waals surface area contributed by atoms with Crippen molar-refractivity contribution in [3.8, 4) is 11.8 Å². The topological polar surface area (TPSA) is 64.2 Å². The van der Waals surface area contributed by atoms with Gasteiger partial charge in [-0.1, -0.05) is 31.4 Å². The van der Waals surface area contributed by atoms with Crippen molar-refractivity contribution in [1.29, 1.82) is 5.26 Å². The fourth-order valence-corrected chi connectivity index (χ4v) is 4.39. The van der Waals surface area contributed by atoms with Crippen LogP contribution in [0.4, 0.5) is 0 Å². The van der Waals surface area contributed by atoms with E-state index in [1.165, 1.54) is 39.2 Å². The smallest absolute Gasteiger partial charge is 0.343 e. The Hall–Kier alpha value is -3.00. The number of hydrogen-bond donors (Lipinski definition) is 0. The summed E-state index contributed by atoms with van der Waals surface area (Å²) in [6.07, 6.45) is 6.40. The molecule has 0 amide bonds. The maximum absolute atomic E-state index is 11.6. The van der Waals surface area contributed by atoms with Crippen LogP contribution in [0.15, 0.2) is 36.4 Å². The quantitative estimate of drug-likeness (QED) is 0.600. The lowest BCUT2D eigenvalue weighted by Gasteiger charge is -2.23. The number of methoxy groups -OCH3 is 1. The lowest BCUT2D eigenvalue weighted by Crippen LogP contribution is -2.14. The Balaban J connectivity index is 1.88.